The molecule has 0 bridgehead atoms. The second kappa shape index (κ2) is 8.24. The number of amides is 3. The first-order chi connectivity index (χ1) is 11.5. The Labute approximate surface area is 139 Å². The molecular formula is C17H20N2O5. The fraction of sp³-hybridized carbons (Fsp3) is 0.412. The van der Waals surface area contributed by atoms with E-state index in [2.05, 4.69) is 5.32 Å². The zero-order valence-corrected chi connectivity index (χ0v) is 13.5. The number of hydroxylamine groups is 2. The molecule has 1 N–H and O–H groups in total. The number of imide groups is 1. The summed E-state index contributed by atoms with van der Waals surface area (Å²) in [6, 6.07) is 7.47. The molecule has 1 saturated heterocycles. The van der Waals surface area contributed by atoms with E-state index in [0.29, 0.717) is 17.9 Å². The maximum absolute atomic E-state index is 11.8. The molecule has 0 unspecified atom stereocenters. The SMILES string of the molecule is Cc1ccc(NC(=O)CCCCC(=O)ON2C(=O)CCC2=O)cc1. The van der Waals surface area contributed by atoms with Gasteiger partial charge >= 0.3 is 5.97 Å². The van der Waals surface area contributed by atoms with Gasteiger partial charge in [-0.05, 0) is 31.9 Å². The summed E-state index contributed by atoms with van der Waals surface area (Å²) in [7, 11) is 0. The summed E-state index contributed by atoms with van der Waals surface area (Å²) < 4.78 is 0. The minimum Gasteiger partial charge on any atom is -0.330 e. The van der Waals surface area contributed by atoms with Crippen LogP contribution in [-0.4, -0.2) is 28.8 Å². The zero-order chi connectivity index (χ0) is 17.5. The molecule has 0 radical (unpaired) electrons. The Balaban J connectivity index is 1.62. The fourth-order valence-corrected chi connectivity index (χ4v) is 2.22. The lowest BCUT2D eigenvalue weighted by atomic mass is 10.2. The molecule has 0 spiro atoms. The second-order valence-electron chi connectivity index (χ2n) is 5.67. The first kappa shape index (κ1) is 17.7. The lowest BCUT2D eigenvalue weighted by Crippen LogP contribution is -2.31. The van der Waals surface area contributed by atoms with E-state index in [0.717, 1.165) is 11.3 Å². The fourth-order valence-electron chi connectivity index (χ4n) is 2.22. The van der Waals surface area contributed by atoms with E-state index < -0.39 is 17.8 Å². The quantitative estimate of drug-likeness (QED) is 0.610. The predicted octanol–water partition coefficient (Wildman–Crippen LogP) is 2.10. The van der Waals surface area contributed by atoms with Crippen LogP contribution in [0.25, 0.3) is 0 Å². The van der Waals surface area contributed by atoms with Crippen molar-refractivity contribution in [3.8, 4) is 0 Å². The number of hydrogen-bond acceptors (Lipinski definition) is 5. The van der Waals surface area contributed by atoms with Crippen LogP contribution in [0.15, 0.2) is 24.3 Å². The molecule has 1 aliphatic heterocycles. The predicted molar refractivity (Wildman–Crippen MR) is 85.5 cm³/mol. The molecule has 1 aliphatic rings. The van der Waals surface area contributed by atoms with E-state index in [1.807, 2.05) is 31.2 Å². The highest BCUT2D eigenvalue weighted by molar-refractivity contribution is 6.01. The molecule has 1 aromatic carbocycles. The van der Waals surface area contributed by atoms with E-state index in [-0.39, 0.29) is 31.6 Å². The van der Waals surface area contributed by atoms with Crippen LogP contribution in [0.5, 0.6) is 0 Å². The lowest BCUT2D eigenvalue weighted by molar-refractivity contribution is -0.197. The topological polar surface area (TPSA) is 92.8 Å². The molecule has 0 aromatic heterocycles. The third-order valence-corrected chi connectivity index (χ3v) is 3.57. The summed E-state index contributed by atoms with van der Waals surface area (Å²) in [6.07, 6.45) is 1.43. The van der Waals surface area contributed by atoms with Crippen LogP contribution in [0.1, 0.15) is 44.1 Å². The summed E-state index contributed by atoms with van der Waals surface area (Å²) in [5.41, 5.74) is 1.84. The lowest BCUT2D eigenvalue weighted by Gasteiger charge is -2.12. The van der Waals surface area contributed by atoms with Crippen LogP contribution < -0.4 is 5.32 Å². The Morgan fingerprint density at radius 3 is 2.25 bits per heavy atom. The van der Waals surface area contributed by atoms with Crippen molar-refractivity contribution < 1.29 is 24.0 Å². The monoisotopic (exact) mass is 332 g/mol. The maximum Gasteiger partial charge on any atom is 0.333 e. The van der Waals surface area contributed by atoms with Crippen molar-refractivity contribution in [2.24, 2.45) is 0 Å². The second-order valence-corrected chi connectivity index (χ2v) is 5.67. The number of anilines is 1. The zero-order valence-electron chi connectivity index (χ0n) is 13.5. The van der Waals surface area contributed by atoms with E-state index in [1.54, 1.807) is 0 Å². The first-order valence-electron chi connectivity index (χ1n) is 7.89. The Hall–Kier alpha value is -2.70. The van der Waals surface area contributed by atoms with Crippen molar-refractivity contribution in [3.05, 3.63) is 29.8 Å². The standard InChI is InChI=1S/C17H20N2O5/c1-12-6-8-13(9-7-12)18-14(20)4-2-3-5-17(23)24-19-15(21)10-11-16(19)22/h6-9H,2-5,10-11H2,1H3,(H,18,20). The third kappa shape index (κ3) is 5.19. The van der Waals surface area contributed by atoms with Gasteiger partial charge in [0.05, 0.1) is 0 Å². The van der Waals surface area contributed by atoms with Gasteiger partial charge in [-0.25, -0.2) is 4.79 Å². The smallest absolute Gasteiger partial charge is 0.330 e. The number of unbranched alkanes of at least 4 members (excludes halogenated alkanes) is 1. The Bertz CT molecular complexity index is 623. The van der Waals surface area contributed by atoms with Crippen LogP contribution in [0.2, 0.25) is 0 Å². The van der Waals surface area contributed by atoms with Gasteiger partial charge in [0.15, 0.2) is 0 Å². The highest BCUT2D eigenvalue weighted by Crippen LogP contribution is 2.14. The minimum absolute atomic E-state index is 0.0505. The molecule has 2 rings (SSSR count). The summed E-state index contributed by atoms with van der Waals surface area (Å²) in [6.45, 7) is 1.97. The van der Waals surface area contributed by atoms with Gasteiger partial charge in [-0.15, -0.1) is 5.06 Å². The molecule has 1 aromatic rings. The number of rotatable bonds is 7. The van der Waals surface area contributed by atoms with E-state index in [9.17, 15) is 19.2 Å². The van der Waals surface area contributed by atoms with Gasteiger partial charge < -0.3 is 10.2 Å². The summed E-state index contributed by atoms with van der Waals surface area (Å²) in [5.74, 6) is -1.76. The van der Waals surface area contributed by atoms with Crippen molar-refractivity contribution in [1.29, 1.82) is 0 Å². The van der Waals surface area contributed by atoms with Gasteiger partial charge in [-0.3, -0.25) is 14.4 Å². The molecule has 7 heteroatoms. The number of carbonyl (C=O) groups excluding carboxylic acids is 4. The van der Waals surface area contributed by atoms with Crippen molar-refractivity contribution >= 4 is 29.4 Å². The number of aryl methyl sites for hydroxylation is 1. The molecule has 0 atom stereocenters. The molecule has 128 valence electrons. The van der Waals surface area contributed by atoms with Gasteiger partial charge in [0.2, 0.25) is 5.91 Å². The van der Waals surface area contributed by atoms with E-state index in [1.165, 1.54) is 0 Å². The largest absolute Gasteiger partial charge is 0.333 e. The van der Waals surface area contributed by atoms with Crippen molar-refractivity contribution in [3.63, 3.8) is 0 Å². The average Bonchev–Trinajstić information content (AvgIpc) is 2.86. The summed E-state index contributed by atoms with van der Waals surface area (Å²) >= 11 is 0. The van der Waals surface area contributed by atoms with Crippen LogP contribution in [0.4, 0.5) is 5.69 Å². The first-order valence-corrected chi connectivity index (χ1v) is 7.89. The molecule has 24 heavy (non-hydrogen) atoms. The van der Waals surface area contributed by atoms with Crippen LogP contribution in [0, 0.1) is 6.92 Å². The van der Waals surface area contributed by atoms with Gasteiger partial charge in [0, 0.05) is 31.4 Å². The number of carbonyl (C=O) groups is 4. The molecular weight excluding hydrogens is 312 g/mol. The molecule has 1 heterocycles. The summed E-state index contributed by atoms with van der Waals surface area (Å²) in [5, 5.41) is 3.31. The molecule has 7 nitrogen and oxygen atoms in total. The van der Waals surface area contributed by atoms with Crippen LogP contribution >= 0.6 is 0 Å². The number of nitrogens with one attached hydrogen (secondary N) is 1. The molecule has 0 saturated carbocycles. The van der Waals surface area contributed by atoms with E-state index >= 15 is 0 Å². The maximum atomic E-state index is 11.8. The minimum atomic E-state index is -0.641. The van der Waals surface area contributed by atoms with Gasteiger partial charge in [-0.2, -0.15) is 0 Å². The van der Waals surface area contributed by atoms with Gasteiger partial charge in [-0.1, -0.05) is 17.7 Å². The highest BCUT2D eigenvalue weighted by Gasteiger charge is 2.32. The van der Waals surface area contributed by atoms with Gasteiger partial charge in [0.25, 0.3) is 11.8 Å². The van der Waals surface area contributed by atoms with Crippen LogP contribution in [-0.2, 0) is 24.0 Å². The number of hydrogen-bond donors (Lipinski definition) is 1. The van der Waals surface area contributed by atoms with Crippen molar-refractivity contribution in [1.82, 2.24) is 5.06 Å². The van der Waals surface area contributed by atoms with Crippen molar-refractivity contribution in [2.45, 2.75) is 45.4 Å². The molecule has 0 aliphatic carbocycles. The highest BCUT2D eigenvalue weighted by atomic mass is 16.7. The number of benzene rings is 1. The number of nitrogens with zero attached hydrogens (tertiary/aromatic N) is 1. The van der Waals surface area contributed by atoms with E-state index in [4.69, 9.17) is 4.84 Å². The Morgan fingerprint density at radius 1 is 1.04 bits per heavy atom. The normalized spacial score (nSPS) is 14.0. The third-order valence-electron chi connectivity index (χ3n) is 3.57. The molecule has 3 amide bonds. The molecule has 1 fully saturated rings. The summed E-state index contributed by atoms with van der Waals surface area (Å²) in [4.78, 5) is 50.7. The van der Waals surface area contributed by atoms with Gasteiger partial charge in [0.1, 0.15) is 0 Å². The Morgan fingerprint density at radius 2 is 1.62 bits per heavy atom. The Kier molecular flexibility index (Phi) is 6.06. The van der Waals surface area contributed by atoms with Crippen LogP contribution in [0.3, 0.4) is 0 Å². The van der Waals surface area contributed by atoms with Crippen molar-refractivity contribution in [2.75, 3.05) is 5.32 Å². The average molecular weight is 332 g/mol.